The Balaban J connectivity index is 0.000000606. The lowest BCUT2D eigenvalue weighted by molar-refractivity contribution is 0.0572. The standard InChI is InChI=1S/C8H8F4N2.C2H6/c9-7(10)5(13)4-2-1-3(2)8(11,12)6(4)14;1-2/h2-3,7,14H,1,13H2;1-2H3/b5-4-,14-6?;/t2-,3+;/m0./s1. The first-order valence-electron chi connectivity index (χ1n) is 5.12. The minimum Gasteiger partial charge on any atom is -0.397 e. The normalized spacial score (nSPS) is 33.1. The molecule has 0 bridgehead atoms. The van der Waals surface area contributed by atoms with Gasteiger partial charge in [0.25, 0.3) is 12.3 Å². The van der Waals surface area contributed by atoms with Crippen molar-refractivity contribution in [1.82, 2.24) is 0 Å². The summed E-state index contributed by atoms with van der Waals surface area (Å²) in [4.78, 5) is 0. The van der Waals surface area contributed by atoms with Gasteiger partial charge in [-0.05, 0) is 12.3 Å². The van der Waals surface area contributed by atoms with Gasteiger partial charge in [0.1, 0.15) is 5.71 Å². The van der Waals surface area contributed by atoms with Gasteiger partial charge in [0.15, 0.2) is 0 Å². The quantitative estimate of drug-likeness (QED) is 0.678. The number of hydrogen-bond donors (Lipinski definition) is 2. The summed E-state index contributed by atoms with van der Waals surface area (Å²) in [7, 11) is 0. The average molecular weight is 238 g/mol. The topological polar surface area (TPSA) is 49.9 Å². The third-order valence-corrected chi connectivity index (χ3v) is 2.78. The van der Waals surface area contributed by atoms with Crippen molar-refractivity contribution in [2.24, 2.45) is 17.6 Å². The molecule has 2 atom stereocenters. The van der Waals surface area contributed by atoms with Crippen LogP contribution in [0.1, 0.15) is 20.3 Å². The summed E-state index contributed by atoms with van der Waals surface area (Å²) >= 11 is 0. The van der Waals surface area contributed by atoms with Gasteiger partial charge in [0.2, 0.25) is 0 Å². The second-order valence-electron chi connectivity index (χ2n) is 3.62. The molecule has 0 aromatic rings. The van der Waals surface area contributed by atoms with Crippen molar-refractivity contribution in [2.75, 3.05) is 0 Å². The highest BCUT2D eigenvalue weighted by Gasteiger charge is 2.67. The number of rotatable bonds is 1. The average Bonchev–Trinajstić information content (AvgIpc) is 2.97. The van der Waals surface area contributed by atoms with Crippen LogP contribution in [0.3, 0.4) is 0 Å². The summed E-state index contributed by atoms with van der Waals surface area (Å²) in [6.45, 7) is 4.00. The molecule has 6 heteroatoms. The number of nitrogens with two attached hydrogens (primary N) is 1. The number of halogens is 4. The maximum absolute atomic E-state index is 13.1. The van der Waals surface area contributed by atoms with E-state index in [0.29, 0.717) is 0 Å². The van der Waals surface area contributed by atoms with E-state index in [0.717, 1.165) is 0 Å². The molecule has 2 saturated carbocycles. The second-order valence-corrected chi connectivity index (χ2v) is 3.62. The summed E-state index contributed by atoms with van der Waals surface area (Å²) in [5.41, 5.74) is 2.80. The van der Waals surface area contributed by atoms with Crippen LogP contribution in [0.25, 0.3) is 0 Å². The molecular formula is C10H14F4N2. The fraction of sp³-hybridized carbons (Fsp3) is 0.700. The minimum atomic E-state index is -3.26. The largest absolute Gasteiger partial charge is 0.397 e. The molecule has 2 aliphatic rings. The van der Waals surface area contributed by atoms with E-state index in [1.807, 2.05) is 13.8 Å². The fourth-order valence-corrected chi connectivity index (χ4v) is 1.94. The predicted octanol–water partition coefficient (Wildman–Crippen LogP) is 2.80. The molecule has 0 heterocycles. The Bertz CT molecular complexity index is 336. The predicted molar refractivity (Wildman–Crippen MR) is 52.8 cm³/mol. The third-order valence-electron chi connectivity index (χ3n) is 2.78. The zero-order valence-corrected chi connectivity index (χ0v) is 9.03. The zero-order valence-electron chi connectivity index (χ0n) is 9.03. The van der Waals surface area contributed by atoms with Crippen molar-refractivity contribution in [3.05, 3.63) is 11.3 Å². The Morgan fingerprint density at radius 2 is 1.94 bits per heavy atom. The molecule has 2 aliphatic carbocycles. The Morgan fingerprint density at radius 1 is 1.44 bits per heavy atom. The molecule has 0 amide bonds. The fourth-order valence-electron chi connectivity index (χ4n) is 1.94. The van der Waals surface area contributed by atoms with E-state index >= 15 is 0 Å². The van der Waals surface area contributed by atoms with Crippen molar-refractivity contribution in [3.8, 4) is 0 Å². The van der Waals surface area contributed by atoms with Crippen LogP contribution >= 0.6 is 0 Å². The molecule has 0 aliphatic heterocycles. The monoisotopic (exact) mass is 238 g/mol. The summed E-state index contributed by atoms with van der Waals surface area (Å²) < 4.78 is 50.5. The molecule has 3 N–H and O–H groups in total. The van der Waals surface area contributed by atoms with Crippen molar-refractivity contribution in [1.29, 1.82) is 5.41 Å². The first kappa shape index (κ1) is 13.0. The van der Waals surface area contributed by atoms with Crippen LogP contribution in [-0.4, -0.2) is 18.1 Å². The molecule has 0 unspecified atom stereocenters. The highest BCUT2D eigenvalue weighted by atomic mass is 19.3. The van der Waals surface area contributed by atoms with Crippen molar-refractivity contribution >= 4 is 5.71 Å². The second kappa shape index (κ2) is 4.07. The van der Waals surface area contributed by atoms with Crippen LogP contribution in [0, 0.1) is 17.2 Å². The Hall–Kier alpha value is -1.07. The van der Waals surface area contributed by atoms with E-state index in [9.17, 15) is 17.6 Å². The van der Waals surface area contributed by atoms with Crippen LogP contribution in [0.2, 0.25) is 0 Å². The van der Waals surface area contributed by atoms with Crippen LogP contribution < -0.4 is 5.73 Å². The molecule has 0 spiro atoms. The lowest BCUT2D eigenvalue weighted by Crippen LogP contribution is -2.28. The molecule has 2 nitrogen and oxygen atoms in total. The van der Waals surface area contributed by atoms with Crippen LogP contribution in [0.5, 0.6) is 0 Å². The maximum Gasteiger partial charge on any atom is 0.292 e. The first-order chi connectivity index (χ1) is 7.37. The van der Waals surface area contributed by atoms with Crippen molar-refractivity contribution in [3.63, 3.8) is 0 Å². The van der Waals surface area contributed by atoms with Crippen molar-refractivity contribution < 1.29 is 17.6 Å². The van der Waals surface area contributed by atoms with E-state index in [1.165, 1.54) is 0 Å². The molecule has 2 rings (SSSR count). The van der Waals surface area contributed by atoms with Gasteiger partial charge < -0.3 is 5.73 Å². The summed E-state index contributed by atoms with van der Waals surface area (Å²) in [5.74, 6) is -4.85. The summed E-state index contributed by atoms with van der Waals surface area (Å²) in [6.07, 6.45) is -2.79. The maximum atomic E-state index is 13.1. The van der Waals surface area contributed by atoms with E-state index in [1.54, 1.807) is 0 Å². The summed E-state index contributed by atoms with van der Waals surface area (Å²) in [6, 6.07) is 0. The third kappa shape index (κ3) is 1.70. The molecule has 0 aromatic heterocycles. The number of nitrogens with one attached hydrogen (secondary N) is 1. The molecule has 0 radical (unpaired) electrons. The highest BCUT2D eigenvalue weighted by molar-refractivity contribution is 6.08. The van der Waals surface area contributed by atoms with E-state index in [4.69, 9.17) is 11.1 Å². The Morgan fingerprint density at radius 3 is 2.25 bits per heavy atom. The smallest absolute Gasteiger partial charge is 0.292 e. The minimum absolute atomic E-state index is 0.165. The first-order valence-corrected chi connectivity index (χ1v) is 5.12. The van der Waals surface area contributed by atoms with Gasteiger partial charge >= 0.3 is 0 Å². The van der Waals surface area contributed by atoms with Crippen LogP contribution in [0.4, 0.5) is 17.6 Å². The van der Waals surface area contributed by atoms with Gasteiger partial charge in [-0.1, -0.05) is 13.8 Å². The summed E-state index contributed by atoms with van der Waals surface area (Å²) in [5, 5.41) is 7.07. The van der Waals surface area contributed by atoms with E-state index in [-0.39, 0.29) is 12.0 Å². The number of hydrogen-bond acceptors (Lipinski definition) is 2. The zero-order chi connectivity index (χ0) is 12.7. The van der Waals surface area contributed by atoms with Crippen LogP contribution in [-0.2, 0) is 0 Å². The number of allylic oxidation sites excluding steroid dienone is 2. The molecule has 0 saturated heterocycles. The van der Waals surface area contributed by atoms with Gasteiger partial charge in [-0.2, -0.15) is 8.78 Å². The number of alkyl halides is 4. The van der Waals surface area contributed by atoms with E-state index in [2.05, 4.69) is 0 Å². The lowest BCUT2D eigenvalue weighted by Gasteiger charge is -2.13. The Kier molecular flexibility index (Phi) is 3.30. The van der Waals surface area contributed by atoms with E-state index < -0.39 is 35.6 Å². The van der Waals surface area contributed by atoms with Gasteiger partial charge in [-0.15, -0.1) is 0 Å². The molecule has 2 fully saturated rings. The molecule has 16 heavy (non-hydrogen) atoms. The molecule has 92 valence electrons. The molecular weight excluding hydrogens is 224 g/mol. The van der Waals surface area contributed by atoms with Gasteiger partial charge in [0.05, 0.1) is 5.70 Å². The highest BCUT2D eigenvalue weighted by Crippen LogP contribution is 2.61. The van der Waals surface area contributed by atoms with Gasteiger partial charge in [-0.25, -0.2) is 8.78 Å². The lowest BCUT2D eigenvalue weighted by atomic mass is 10.1. The van der Waals surface area contributed by atoms with Gasteiger partial charge in [0, 0.05) is 11.5 Å². The van der Waals surface area contributed by atoms with Crippen LogP contribution in [0.15, 0.2) is 11.3 Å². The van der Waals surface area contributed by atoms with Crippen molar-refractivity contribution in [2.45, 2.75) is 32.6 Å². The van der Waals surface area contributed by atoms with Gasteiger partial charge in [-0.3, -0.25) is 5.41 Å². The number of fused-ring (bicyclic) bond motifs is 1. The molecule has 0 aromatic carbocycles. The SMILES string of the molecule is CC.N=C1/C(=C(\N)C(F)F)[C@H]2C[C@H]2C1(F)F. The Labute approximate surface area is 91.0 Å².